The molecular weight excluding hydrogens is 414 g/mol. The van der Waals surface area contributed by atoms with Gasteiger partial charge >= 0.3 is 0 Å². The molecule has 0 atom stereocenters. The second kappa shape index (κ2) is 7.91. The molecule has 0 N–H and O–H groups in total. The van der Waals surface area contributed by atoms with Gasteiger partial charge in [0.05, 0.1) is 21.6 Å². The van der Waals surface area contributed by atoms with Crippen molar-refractivity contribution in [1.82, 2.24) is 9.55 Å². The summed E-state index contributed by atoms with van der Waals surface area (Å²) in [4.78, 5) is 16.0. The first-order chi connectivity index (χ1) is 14.6. The van der Waals surface area contributed by atoms with Crippen molar-refractivity contribution in [3.8, 4) is 0 Å². The van der Waals surface area contributed by atoms with Gasteiger partial charge in [-0.2, -0.15) is 0 Å². The van der Waals surface area contributed by atoms with E-state index >= 15 is 0 Å². The van der Waals surface area contributed by atoms with Gasteiger partial charge in [0.25, 0.3) is 10.0 Å². The third kappa shape index (κ3) is 3.94. The largest absolute Gasteiger partial charge is 0.381 e. The van der Waals surface area contributed by atoms with Crippen LogP contribution >= 0.6 is 0 Å². The van der Waals surface area contributed by atoms with Gasteiger partial charge < -0.3 is 9.30 Å². The van der Waals surface area contributed by atoms with Crippen LogP contribution in [0.1, 0.15) is 39.4 Å². The first kappa shape index (κ1) is 21.8. The molecule has 2 aromatic rings. The van der Waals surface area contributed by atoms with Crippen molar-refractivity contribution in [1.29, 1.82) is 0 Å². The molecule has 166 valence electrons. The number of aromatic nitrogens is 2. The summed E-state index contributed by atoms with van der Waals surface area (Å²) in [5.41, 5.74) is 2.33. The number of fused-ring (bicyclic) bond motifs is 1. The molecule has 1 fully saturated rings. The van der Waals surface area contributed by atoms with Crippen molar-refractivity contribution in [2.75, 3.05) is 24.6 Å². The zero-order valence-electron chi connectivity index (χ0n) is 18.5. The molecule has 1 aromatic carbocycles. The third-order valence-corrected chi connectivity index (χ3v) is 7.87. The molecular formula is C23H29N3O4S. The van der Waals surface area contributed by atoms with Crippen LogP contribution in [0.5, 0.6) is 0 Å². The van der Waals surface area contributed by atoms with E-state index < -0.39 is 10.0 Å². The van der Waals surface area contributed by atoms with Crippen LogP contribution < -0.4 is 4.31 Å². The SMILES string of the molecule is CN(c1ccc2c(c1)nc(C(C)(C)C)n2CC1CCOCC1)S(=O)(=O)C1=CC=C1C=O. The highest BCUT2D eigenvalue weighted by Gasteiger charge is 2.31. The van der Waals surface area contributed by atoms with Gasteiger partial charge in [0.2, 0.25) is 0 Å². The fourth-order valence-corrected chi connectivity index (χ4v) is 5.46. The molecule has 0 amide bonds. The Bertz CT molecular complexity index is 1180. The maximum absolute atomic E-state index is 12.9. The molecule has 2 heterocycles. The van der Waals surface area contributed by atoms with E-state index in [4.69, 9.17) is 9.72 Å². The minimum absolute atomic E-state index is 0.0468. The number of hydrogen-bond acceptors (Lipinski definition) is 5. The molecule has 1 aromatic heterocycles. The predicted molar refractivity (Wildman–Crippen MR) is 122 cm³/mol. The fraction of sp³-hybridized carbons (Fsp3) is 0.478. The number of carbonyl (C=O) groups is 1. The average molecular weight is 444 g/mol. The maximum Gasteiger partial charge on any atom is 0.264 e. The summed E-state index contributed by atoms with van der Waals surface area (Å²) >= 11 is 0. The van der Waals surface area contributed by atoms with E-state index in [1.165, 1.54) is 23.5 Å². The smallest absolute Gasteiger partial charge is 0.264 e. The Morgan fingerprint density at radius 1 is 1.23 bits per heavy atom. The van der Waals surface area contributed by atoms with Crippen molar-refractivity contribution in [3.63, 3.8) is 0 Å². The number of carbonyl (C=O) groups excluding carboxylic acids is 1. The van der Waals surface area contributed by atoms with Crippen molar-refractivity contribution in [2.45, 2.75) is 45.6 Å². The van der Waals surface area contributed by atoms with Gasteiger partial charge in [-0.15, -0.1) is 0 Å². The van der Waals surface area contributed by atoms with Crippen LogP contribution in [0.25, 0.3) is 11.0 Å². The molecule has 0 bridgehead atoms. The minimum atomic E-state index is -3.79. The van der Waals surface area contributed by atoms with Crippen molar-refractivity contribution in [3.05, 3.63) is 46.7 Å². The lowest BCUT2D eigenvalue weighted by Crippen LogP contribution is -2.30. The number of rotatable bonds is 6. The Kier molecular flexibility index (Phi) is 5.55. The van der Waals surface area contributed by atoms with E-state index in [9.17, 15) is 13.2 Å². The van der Waals surface area contributed by atoms with Gasteiger partial charge in [0, 0.05) is 37.8 Å². The molecule has 8 heteroatoms. The first-order valence-corrected chi connectivity index (χ1v) is 12.0. The molecule has 2 aliphatic rings. The molecule has 7 nitrogen and oxygen atoms in total. The highest BCUT2D eigenvalue weighted by molar-refractivity contribution is 7.96. The lowest BCUT2D eigenvalue weighted by Gasteiger charge is -2.26. The number of ether oxygens (including phenoxy) is 1. The summed E-state index contributed by atoms with van der Waals surface area (Å²) in [5.74, 6) is 1.53. The van der Waals surface area contributed by atoms with Gasteiger partial charge in [0.15, 0.2) is 6.29 Å². The molecule has 0 unspecified atom stereocenters. The summed E-state index contributed by atoms with van der Waals surface area (Å²) < 4.78 is 34.9. The molecule has 4 rings (SSSR count). The van der Waals surface area contributed by atoms with Crippen LogP contribution in [-0.2, 0) is 31.5 Å². The van der Waals surface area contributed by atoms with E-state index in [0.717, 1.165) is 49.5 Å². The summed E-state index contributed by atoms with van der Waals surface area (Å²) in [7, 11) is -2.29. The number of anilines is 1. The van der Waals surface area contributed by atoms with E-state index in [1.54, 1.807) is 6.07 Å². The predicted octanol–water partition coefficient (Wildman–Crippen LogP) is 3.55. The Hall–Kier alpha value is -2.45. The standard InChI is InChI=1S/C23H29N3O4S/c1-23(2,3)22-24-19-13-18(25(4)31(28,29)21-8-5-17(21)15-27)6-7-20(19)26(22)14-16-9-11-30-12-10-16/h5-8,13,15-16H,9-12,14H2,1-4H3. The monoisotopic (exact) mass is 443 g/mol. The normalized spacial score (nSPS) is 17.8. The Labute approximate surface area is 183 Å². The highest BCUT2D eigenvalue weighted by atomic mass is 32.2. The maximum atomic E-state index is 12.9. The second-order valence-corrected chi connectivity index (χ2v) is 11.2. The molecule has 1 aliphatic carbocycles. The van der Waals surface area contributed by atoms with Gasteiger partial charge in [-0.1, -0.05) is 20.8 Å². The van der Waals surface area contributed by atoms with Gasteiger partial charge in [-0.05, 0) is 49.1 Å². The number of imidazole rings is 1. The number of allylic oxidation sites excluding steroid dienone is 3. The second-order valence-electron chi connectivity index (χ2n) is 9.27. The topological polar surface area (TPSA) is 81.5 Å². The quantitative estimate of drug-likeness (QED) is 0.638. The Morgan fingerprint density at radius 3 is 2.52 bits per heavy atom. The summed E-state index contributed by atoms with van der Waals surface area (Å²) in [5, 5.41) is 0. The number of aldehydes is 1. The molecule has 0 saturated carbocycles. The van der Waals surface area contributed by atoms with Crippen LogP contribution in [0, 0.1) is 5.92 Å². The Balaban J connectivity index is 1.71. The number of benzene rings is 1. The third-order valence-electron chi connectivity index (χ3n) is 6.01. The summed E-state index contributed by atoms with van der Waals surface area (Å²) in [6, 6.07) is 5.56. The van der Waals surface area contributed by atoms with Gasteiger partial charge in [-0.3, -0.25) is 9.10 Å². The lowest BCUT2D eigenvalue weighted by molar-refractivity contribution is -0.104. The van der Waals surface area contributed by atoms with Crippen LogP contribution in [0.15, 0.2) is 40.8 Å². The summed E-state index contributed by atoms with van der Waals surface area (Å²) in [6.45, 7) is 8.89. The minimum Gasteiger partial charge on any atom is -0.381 e. The Morgan fingerprint density at radius 2 is 1.94 bits per heavy atom. The van der Waals surface area contributed by atoms with Gasteiger partial charge in [0.1, 0.15) is 5.82 Å². The molecule has 0 radical (unpaired) electrons. The van der Waals surface area contributed by atoms with E-state index in [2.05, 4.69) is 25.3 Å². The van der Waals surface area contributed by atoms with Crippen LogP contribution in [0.4, 0.5) is 5.69 Å². The highest BCUT2D eigenvalue weighted by Crippen LogP contribution is 2.33. The van der Waals surface area contributed by atoms with E-state index in [0.29, 0.717) is 17.9 Å². The number of hydrogen-bond donors (Lipinski definition) is 0. The fourth-order valence-electron chi connectivity index (χ4n) is 4.12. The number of nitrogens with zero attached hydrogens (tertiary/aromatic N) is 3. The van der Waals surface area contributed by atoms with Crippen molar-refractivity contribution >= 4 is 33.0 Å². The average Bonchev–Trinajstić information content (AvgIpc) is 3.05. The lowest BCUT2D eigenvalue weighted by atomic mass is 9.94. The molecule has 0 spiro atoms. The molecule has 1 saturated heterocycles. The van der Waals surface area contributed by atoms with Crippen LogP contribution in [-0.4, -0.2) is 44.5 Å². The first-order valence-electron chi connectivity index (χ1n) is 10.6. The van der Waals surface area contributed by atoms with Crippen LogP contribution in [0.2, 0.25) is 0 Å². The van der Waals surface area contributed by atoms with Crippen molar-refractivity contribution in [2.24, 2.45) is 5.92 Å². The van der Waals surface area contributed by atoms with Gasteiger partial charge in [-0.25, -0.2) is 13.4 Å². The molecule has 31 heavy (non-hydrogen) atoms. The zero-order valence-corrected chi connectivity index (χ0v) is 19.3. The number of sulfonamides is 1. The molecule has 1 aliphatic heterocycles. The van der Waals surface area contributed by atoms with E-state index in [-0.39, 0.29) is 15.9 Å². The van der Waals surface area contributed by atoms with Crippen molar-refractivity contribution < 1.29 is 17.9 Å². The summed E-state index contributed by atoms with van der Waals surface area (Å²) in [6.07, 6.45) is 5.59. The van der Waals surface area contributed by atoms with E-state index in [1.807, 2.05) is 12.1 Å². The van der Waals surface area contributed by atoms with Crippen LogP contribution in [0.3, 0.4) is 0 Å². The zero-order chi connectivity index (χ0) is 22.4.